The number of ether oxygens (including phenoxy) is 2. The summed E-state index contributed by atoms with van der Waals surface area (Å²) in [4.78, 5) is 17.3. The van der Waals surface area contributed by atoms with E-state index in [1.807, 2.05) is 24.7 Å². The summed E-state index contributed by atoms with van der Waals surface area (Å²) in [6.45, 7) is 3.98. The van der Waals surface area contributed by atoms with Crippen LogP contribution in [0.1, 0.15) is 24.0 Å². The van der Waals surface area contributed by atoms with Crippen molar-refractivity contribution in [1.29, 1.82) is 0 Å². The summed E-state index contributed by atoms with van der Waals surface area (Å²) in [5.41, 5.74) is 3.40. The maximum Gasteiger partial charge on any atom is 0.175 e. The SMILES string of the molecule is c1ccc2c(c1)CC1(CCN(c3cnc(Sc4ccnc5c4OCC4(COC4)N5)cn3)CC1)C2. The molecule has 2 fully saturated rings. The van der Waals surface area contributed by atoms with Gasteiger partial charge in [0, 0.05) is 19.3 Å². The summed E-state index contributed by atoms with van der Waals surface area (Å²) in [6.07, 6.45) is 10.5. The number of hydrogen-bond acceptors (Lipinski definition) is 8. The van der Waals surface area contributed by atoms with Crippen LogP contribution in [0.15, 0.2) is 58.8 Å². The molecule has 0 amide bonds. The lowest BCUT2D eigenvalue weighted by Crippen LogP contribution is -2.61. The first-order valence-corrected chi connectivity index (χ1v) is 12.8. The number of anilines is 2. The Bertz CT molecular complexity index is 1200. The van der Waals surface area contributed by atoms with E-state index >= 15 is 0 Å². The molecule has 0 unspecified atom stereocenters. The average molecular weight is 474 g/mol. The van der Waals surface area contributed by atoms with Crippen molar-refractivity contribution in [3.63, 3.8) is 0 Å². The van der Waals surface area contributed by atoms with Crippen LogP contribution < -0.4 is 15.0 Å². The fraction of sp³-hybridized carbons (Fsp3) is 0.423. The molecular weight excluding hydrogens is 446 g/mol. The van der Waals surface area contributed by atoms with Gasteiger partial charge in [0.05, 0.1) is 30.5 Å². The molecule has 3 aliphatic heterocycles. The normalized spacial score (nSPS) is 21.4. The van der Waals surface area contributed by atoms with E-state index in [-0.39, 0.29) is 5.54 Å². The molecule has 0 bridgehead atoms. The van der Waals surface area contributed by atoms with Gasteiger partial charge >= 0.3 is 0 Å². The Kier molecular flexibility index (Phi) is 4.74. The van der Waals surface area contributed by atoms with E-state index < -0.39 is 0 Å². The number of benzene rings is 1. The molecule has 5 heterocycles. The molecule has 1 aromatic carbocycles. The lowest BCUT2D eigenvalue weighted by molar-refractivity contribution is -0.0652. The topological polar surface area (TPSA) is 72.4 Å². The largest absolute Gasteiger partial charge is 0.486 e. The highest BCUT2D eigenvalue weighted by atomic mass is 32.2. The lowest BCUT2D eigenvalue weighted by Gasteiger charge is -2.44. The van der Waals surface area contributed by atoms with Crippen molar-refractivity contribution in [1.82, 2.24) is 15.0 Å². The molecule has 0 atom stereocenters. The Morgan fingerprint density at radius 2 is 1.71 bits per heavy atom. The molecule has 7 nitrogen and oxygen atoms in total. The highest BCUT2D eigenvalue weighted by Gasteiger charge is 2.44. The molecule has 7 rings (SSSR count). The molecular formula is C26H27N5O2S. The Hall–Kier alpha value is -2.84. The van der Waals surface area contributed by atoms with Gasteiger partial charge in [0.15, 0.2) is 11.6 Å². The number of hydrogen-bond donors (Lipinski definition) is 1. The van der Waals surface area contributed by atoms with Crippen LogP contribution >= 0.6 is 11.8 Å². The minimum atomic E-state index is -0.126. The zero-order valence-corrected chi connectivity index (χ0v) is 19.8. The summed E-state index contributed by atoms with van der Waals surface area (Å²) < 4.78 is 11.5. The predicted molar refractivity (Wildman–Crippen MR) is 131 cm³/mol. The minimum Gasteiger partial charge on any atom is -0.486 e. The van der Waals surface area contributed by atoms with Gasteiger partial charge in [-0.15, -0.1) is 0 Å². The fourth-order valence-electron chi connectivity index (χ4n) is 5.72. The van der Waals surface area contributed by atoms with Gasteiger partial charge in [-0.25, -0.2) is 15.0 Å². The van der Waals surface area contributed by atoms with Crippen molar-refractivity contribution < 1.29 is 9.47 Å². The average Bonchev–Trinajstić information content (AvgIpc) is 3.21. The second kappa shape index (κ2) is 7.85. The first-order chi connectivity index (χ1) is 16.7. The highest BCUT2D eigenvalue weighted by molar-refractivity contribution is 7.99. The Balaban J connectivity index is 1.01. The summed E-state index contributed by atoms with van der Waals surface area (Å²) in [6, 6.07) is 10.9. The molecule has 2 aromatic heterocycles. The summed E-state index contributed by atoms with van der Waals surface area (Å²) in [5.74, 6) is 2.53. The first kappa shape index (κ1) is 20.5. The zero-order chi connectivity index (χ0) is 22.6. The van der Waals surface area contributed by atoms with Crippen LogP contribution in [0.5, 0.6) is 5.75 Å². The van der Waals surface area contributed by atoms with Crippen LogP contribution in [0.4, 0.5) is 11.6 Å². The van der Waals surface area contributed by atoms with Gasteiger partial charge in [0.25, 0.3) is 0 Å². The van der Waals surface area contributed by atoms with Crippen LogP contribution in [0.2, 0.25) is 0 Å². The first-order valence-electron chi connectivity index (χ1n) is 12.0. The van der Waals surface area contributed by atoms with Gasteiger partial charge in [0.2, 0.25) is 0 Å². The van der Waals surface area contributed by atoms with Gasteiger partial charge in [-0.05, 0) is 48.3 Å². The molecule has 174 valence electrons. The Morgan fingerprint density at radius 3 is 2.38 bits per heavy atom. The fourth-order valence-corrected chi connectivity index (χ4v) is 6.53. The zero-order valence-electron chi connectivity index (χ0n) is 19.0. The van der Waals surface area contributed by atoms with Crippen molar-refractivity contribution >= 4 is 23.4 Å². The van der Waals surface area contributed by atoms with Crippen molar-refractivity contribution in [2.45, 2.75) is 41.1 Å². The predicted octanol–water partition coefficient (Wildman–Crippen LogP) is 3.98. The maximum atomic E-state index is 6.09. The Labute approximate surface area is 203 Å². The number of rotatable bonds is 3. The number of aromatic nitrogens is 3. The van der Waals surface area contributed by atoms with E-state index in [4.69, 9.17) is 19.4 Å². The third-order valence-corrected chi connectivity index (χ3v) is 8.69. The van der Waals surface area contributed by atoms with Crippen LogP contribution in [0.25, 0.3) is 0 Å². The molecule has 0 saturated carbocycles. The summed E-state index contributed by atoms with van der Waals surface area (Å²) in [5, 5.41) is 4.35. The molecule has 0 radical (unpaired) electrons. The summed E-state index contributed by atoms with van der Waals surface area (Å²) >= 11 is 1.56. The quantitative estimate of drug-likeness (QED) is 0.613. The van der Waals surface area contributed by atoms with E-state index in [0.717, 1.165) is 40.4 Å². The minimum absolute atomic E-state index is 0.126. The van der Waals surface area contributed by atoms with Gasteiger partial charge < -0.3 is 19.7 Å². The van der Waals surface area contributed by atoms with Crippen LogP contribution in [-0.4, -0.2) is 53.4 Å². The van der Waals surface area contributed by atoms with E-state index in [0.29, 0.717) is 25.2 Å². The van der Waals surface area contributed by atoms with E-state index in [2.05, 4.69) is 39.5 Å². The van der Waals surface area contributed by atoms with E-state index in [1.54, 1.807) is 22.9 Å². The van der Waals surface area contributed by atoms with Gasteiger partial charge in [-0.3, -0.25) is 0 Å². The smallest absolute Gasteiger partial charge is 0.175 e. The number of pyridine rings is 1. The third kappa shape index (κ3) is 3.51. The number of nitrogens with zero attached hydrogens (tertiary/aromatic N) is 4. The van der Waals surface area contributed by atoms with Crippen LogP contribution in [0, 0.1) is 5.41 Å². The van der Waals surface area contributed by atoms with Crippen molar-refractivity contribution in [2.75, 3.05) is 43.1 Å². The molecule has 1 aliphatic carbocycles. The number of piperidine rings is 1. The second-order valence-electron chi connectivity index (χ2n) is 10.1. The van der Waals surface area contributed by atoms with E-state index in [9.17, 15) is 0 Å². The molecule has 4 aliphatic rings. The van der Waals surface area contributed by atoms with Crippen LogP contribution in [0.3, 0.4) is 0 Å². The van der Waals surface area contributed by atoms with Crippen LogP contribution in [-0.2, 0) is 17.6 Å². The summed E-state index contributed by atoms with van der Waals surface area (Å²) in [7, 11) is 0. The van der Waals surface area contributed by atoms with Crippen molar-refractivity contribution in [3.05, 3.63) is 60.0 Å². The third-order valence-electron chi connectivity index (χ3n) is 7.73. The molecule has 2 saturated heterocycles. The van der Waals surface area contributed by atoms with Crippen molar-refractivity contribution in [2.24, 2.45) is 5.41 Å². The Morgan fingerprint density at radius 1 is 0.912 bits per heavy atom. The standard InChI is InChI=1S/C26H27N5O2S/c1-2-4-19-12-25(11-18(19)3-1)6-9-31(10-7-25)21-13-29-22(14-28-21)34-20-5-8-27-24-23(20)33-17-26(30-24)15-32-16-26/h1-5,8,13-14H,6-7,9-12,15-17H2,(H,27,30). The molecule has 2 spiro atoms. The second-order valence-corrected chi connectivity index (χ2v) is 11.2. The lowest BCUT2D eigenvalue weighted by atomic mass is 9.76. The van der Waals surface area contributed by atoms with E-state index in [1.165, 1.54) is 25.7 Å². The molecule has 34 heavy (non-hydrogen) atoms. The monoisotopic (exact) mass is 473 g/mol. The number of fused-ring (bicyclic) bond motifs is 2. The molecule has 1 N–H and O–H groups in total. The molecule has 8 heteroatoms. The highest BCUT2D eigenvalue weighted by Crippen LogP contribution is 2.45. The van der Waals surface area contributed by atoms with Gasteiger partial charge in [-0.2, -0.15) is 0 Å². The maximum absolute atomic E-state index is 6.09. The van der Waals surface area contributed by atoms with Gasteiger partial charge in [-0.1, -0.05) is 36.0 Å². The van der Waals surface area contributed by atoms with Gasteiger partial charge in [0.1, 0.15) is 23.0 Å². The molecule has 3 aromatic rings. The number of nitrogens with one attached hydrogen (secondary N) is 1. The van der Waals surface area contributed by atoms with Crippen molar-refractivity contribution in [3.8, 4) is 5.75 Å².